The summed E-state index contributed by atoms with van der Waals surface area (Å²) in [5, 5.41) is 0. The Labute approximate surface area is 107 Å². The third-order valence-corrected chi connectivity index (χ3v) is 3.22. The van der Waals surface area contributed by atoms with Crippen molar-refractivity contribution in [3.8, 4) is 0 Å². The van der Waals surface area contributed by atoms with Crippen LogP contribution in [0, 0.1) is 5.82 Å². The van der Waals surface area contributed by atoms with Crippen LogP contribution in [0.4, 0.5) is 4.39 Å². The Bertz CT molecular complexity index is 515. The van der Waals surface area contributed by atoms with Crippen molar-refractivity contribution in [1.82, 2.24) is 4.98 Å². The Morgan fingerprint density at radius 1 is 1.17 bits per heavy atom. The average Bonchev–Trinajstić information content (AvgIpc) is 2.39. The molecule has 0 bridgehead atoms. The second kappa shape index (κ2) is 4.86. The first-order valence-corrected chi connectivity index (χ1v) is 6.04. The molecule has 3 heteroatoms. The summed E-state index contributed by atoms with van der Waals surface area (Å²) in [5.74, 6) is -0.351. The van der Waals surface area contributed by atoms with E-state index < -0.39 is 5.54 Å². The topological polar surface area (TPSA) is 38.9 Å². The van der Waals surface area contributed by atoms with E-state index in [4.69, 9.17) is 5.73 Å². The van der Waals surface area contributed by atoms with E-state index in [-0.39, 0.29) is 5.82 Å². The molecule has 0 radical (unpaired) electrons. The van der Waals surface area contributed by atoms with E-state index in [1.807, 2.05) is 19.1 Å². The molecule has 1 aromatic heterocycles. The molecule has 0 amide bonds. The lowest BCUT2D eigenvalue weighted by Crippen LogP contribution is -2.35. The zero-order valence-corrected chi connectivity index (χ0v) is 10.7. The van der Waals surface area contributed by atoms with E-state index >= 15 is 0 Å². The summed E-state index contributed by atoms with van der Waals surface area (Å²) in [6, 6.07) is 11.1. The van der Waals surface area contributed by atoms with E-state index in [0.717, 1.165) is 12.0 Å². The highest BCUT2D eigenvalue weighted by Gasteiger charge is 2.25. The van der Waals surface area contributed by atoms with Gasteiger partial charge in [-0.1, -0.05) is 31.2 Å². The molecule has 2 rings (SSSR count). The minimum absolute atomic E-state index is 0.351. The molecule has 0 saturated heterocycles. The number of hydrogen-bond donors (Lipinski definition) is 1. The van der Waals surface area contributed by atoms with Gasteiger partial charge in [0.1, 0.15) is 5.82 Å². The van der Waals surface area contributed by atoms with Crippen molar-refractivity contribution in [2.24, 2.45) is 5.73 Å². The van der Waals surface area contributed by atoms with Gasteiger partial charge in [-0.25, -0.2) is 4.39 Å². The van der Waals surface area contributed by atoms with Gasteiger partial charge in [0.2, 0.25) is 0 Å². The molecule has 1 atom stereocenters. The first kappa shape index (κ1) is 12.7. The van der Waals surface area contributed by atoms with E-state index in [1.54, 1.807) is 6.07 Å². The number of hydrogen-bond acceptors (Lipinski definition) is 2. The Kier molecular flexibility index (Phi) is 3.43. The fourth-order valence-electron chi connectivity index (χ4n) is 1.92. The van der Waals surface area contributed by atoms with Crippen LogP contribution in [0.3, 0.4) is 0 Å². The molecule has 0 aliphatic carbocycles. The predicted octanol–water partition coefficient (Wildman–Crippen LogP) is 3.01. The highest BCUT2D eigenvalue weighted by atomic mass is 19.1. The Morgan fingerprint density at radius 3 is 2.33 bits per heavy atom. The van der Waals surface area contributed by atoms with Crippen LogP contribution in [0.1, 0.15) is 30.7 Å². The number of aryl methyl sites for hydroxylation is 1. The van der Waals surface area contributed by atoms with Crippen LogP contribution in [-0.2, 0) is 12.0 Å². The molecule has 18 heavy (non-hydrogen) atoms. The van der Waals surface area contributed by atoms with Crippen LogP contribution < -0.4 is 5.73 Å². The summed E-state index contributed by atoms with van der Waals surface area (Å²) >= 11 is 0. The zero-order valence-electron chi connectivity index (χ0n) is 10.7. The van der Waals surface area contributed by atoms with Crippen LogP contribution in [0.5, 0.6) is 0 Å². The third-order valence-electron chi connectivity index (χ3n) is 3.22. The second-order valence-electron chi connectivity index (χ2n) is 4.61. The van der Waals surface area contributed by atoms with Gasteiger partial charge < -0.3 is 5.73 Å². The summed E-state index contributed by atoms with van der Waals surface area (Å²) in [6.07, 6.45) is 2.19. The second-order valence-corrected chi connectivity index (χ2v) is 4.61. The molecular weight excluding hydrogens is 227 g/mol. The van der Waals surface area contributed by atoms with Gasteiger partial charge in [-0.15, -0.1) is 0 Å². The number of nitrogens with two attached hydrogens (primary N) is 1. The van der Waals surface area contributed by atoms with Crippen LogP contribution in [-0.4, -0.2) is 4.98 Å². The van der Waals surface area contributed by atoms with Gasteiger partial charge in [0, 0.05) is 0 Å². The normalized spacial score (nSPS) is 14.2. The fourth-order valence-corrected chi connectivity index (χ4v) is 1.92. The molecule has 0 fully saturated rings. The Balaban J connectivity index is 2.37. The van der Waals surface area contributed by atoms with E-state index in [0.29, 0.717) is 5.69 Å². The lowest BCUT2D eigenvalue weighted by atomic mass is 9.88. The quantitative estimate of drug-likeness (QED) is 0.901. The highest BCUT2D eigenvalue weighted by Crippen LogP contribution is 2.25. The molecule has 1 unspecified atom stereocenters. The van der Waals surface area contributed by atoms with Crippen LogP contribution in [0.2, 0.25) is 0 Å². The van der Waals surface area contributed by atoms with Crippen molar-refractivity contribution in [3.63, 3.8) is 0 Å². The lowest BCUT2D eigenvalue weighted by Gasteiger charge is -2.24. The number of benzene rings is 1. The number of halogens is 1. The third kappa shape index (κ3) is 2.41. The first-order chi connectivity index (χ1) is 8.54. The molecule has 2 N–H and O–H groups in total. The molecular formula is C15H17FN2. The van der Waals surface area contributed by atoms with Crippen molar-refractivity contribution in [2.75, 3.05) is 0 Å². The molecule has 0 aliphatic heterocycles. The monoisotopic (exact) mass is 244 g/mol. The molecule has 0 aliphatic rings. The van der Waals surface area contributed by atoms with Crippen LogP contribution in [0.15, 0.2) is 42.6 Å². The largest absolute Gasteiger partial charge is 0.317 e. The fraction of sp³-hybridized carbons (Fsp3) is 0.267. The van der Waals surface area contributed by atoms with Crippen molar-refractivity contribution < 1.29 is 4.39 Å². The van der Waals surface area contributed by atoms with Gasteiger partial charge >= 0.3 is 0 Å². The summed E-state index contributed by atoms with van der Waals surface area (Å²) in [6.45, 7) is 3.99. The summed E-state index contributed by atoms with van der Waals surface area (Å²) in [7, 11) is 0. The highest BCUT2D eigenvalue weighted by molar-refractivity contribution is 5.35. The Morgan fingerprint density at radius 2 is 1.83 bits per heavy atom. The van der Waals surface area contributed by atoms with Crippen LogP contribution in [0.25, 0.3) is 0 Å². The van der Waals surface area contributed by atoms with Crippen molar-refractivity contribution in [1.29, 1.82) is 0 Å². The standard InChI is InChI=1S/C15H17FN2/c1-3-11-4-6-12(7-5-11)15(2,17)14-9-8-13(16)10-18-14/h4-10H,3,17H2,1-2H3. The molecule has 0 spiro atoms. The van der Waals surface area contributed by atoms with Crippen LogP contribution >= 0.6 is 0 Å². The molecule has 1 aromatic carbocycles. The van der Waals surface area contributed by atoms with Gasteiger partial charge in [-0.05, 0) is 36.6 Å². The number of pyridine rings is 1. The molecule has 94 valence electrons. The number of aromatic nitrogens is 1. The Hall–Kier alpha value is -1.74. The maximum Gasteiger partial charge on any atom is 0.141 e. The minimum atomic E-state index is -0.708. The maximum atomic E-state index is 12.9. The smallest absolute Gasteiger partial charge is 0.141 e. The van der Waals surface area contributed by atoms with E-state index in [2.05, 4.69) is 24.0 Å². The van der Waals surface area contributed by atoms with Crippen molar-refractivity contribution in [3.05, 3.63) is 65.2 Å². The first-order valence-electron chi connectivity index (χ1n) is 6.04. The minimum Gasteiger partial charge on any atom is -0.317 e. The van der Waals surface area contributed by atoms with Crippen molar-refractivity contribution >= 4 is 0 Å². The summed E-state index contributed by atoms with van der Waals surface area (Å²) in [4.78, 5) is 4.07. The maximum absolute atomic E-state index is 12.9. The summed E-state index contributed by atoms with van der Waals surface area (Å²) in [5.41, 5.74) is 8.50. The number of nitrogens with zero attached hydrogens (tertiary/aromatic N) is 1. The van der Waals surface area contributed by atoms with Gasteiger partial charge in [-0.2, -0.15) is 0 Å². The predicted molar refractivity (Wildman–Crippen MR) is 70.7 cm³/mol. The molecule has 0 saturated carbocycles. The van der Waals surface area contributed by atoms with Crippen molar-refractivity contribution in [2.45, 2.75) is 25.8 Å². The summed E-state index contributed by atoms with van der Waals surface area (Å²) < 4.78 is 12.9. The number of rotatable bonds is 3. The molecule has 2 nitrogen and oxygen atoms in total. The zero-order chi connectivity index (χ0) is 13.2. The van der Waals surface area contributed by atoms with E-state index in [9.17, 15) is 4.39 Å². The SMILES string of the molecule is CCc1ccc(C(C)(N)c2ccc(F)cn2)cc1. The molecule has 2 aromatic rings. The van der Waals surface area contributed by atoms with Gasteiger partial charge in [0.05, 0.1) is 17.4 Å². The molecule has 1 heterocycles. The van der Waals surface area contributed by atoms with E-state index in [1.165, 1.54) is 17.8 Å². The van der Waals surface area contributed by atoms with Gasteiger partial charge in [-0.3, -0.25) is 4.98 Å². The van der Waals surface area contributed by atoms with Gasteiger partial charge in [0.15, 0.2) is 0 Å². The average molecular weight is 244 g/mol. The van der Waals surface area contributed by atoms with Gasteiger partial charge in [0.25, 0.3) is 0 Å². The lowest BCUT2D eigenvalue weighted by molar-refractivity contribution is 0.567.